The number of aromatic nitrogens is 2. The van der Waals surface area contributed by atoms with Gasteiger partial charge in [-0.15, -0.1) is 0 Å². The molecular weight excluding hydrogens is 486 g/mol. The molecule has 3 aromatic carbocycles. The third-order valence-corrected chi connectivity index (χ3v) is 6.96. The molecule has 0 unspecified atom stereocenters. The maximum atomic E-state index is 13.3. The molecule has 0 saturated carbocycles. The predicted molar refractivity (Wildman–Crippen MR) is 152 cm³/mol. The van der Waals surface area contributed by atoms with E-state index < -0.39 is 17.2 Å². The van der Waals surface area contributed by atoms with Gasteiger partial charge in [0, 0.05) is 25.1 Å². The minimum atomic E-state index is -0.649. The van der Waals surface area contributed by atoms with Crippen molar-refractivity contribution in [3.63, 3.8) is 0 Å². The van der Waals surface area contributed by atoms with Gasteiger partial charge in [0.15, 0.2) is 5.78 Å². The number of carbonyl (C=O) groups is 2. The van der Waals surface area contributed by atoms with Crippen molar-refractivity contribution in [3.05, 3.63) is 131 Å². The van der Waals surface area contributed by atoms with Crippen LogP contribution in [0.3, 0.4) is 0 Å². The van der Waals surface area contributed by atoms with Crippen LogP contribution in [0.25, 0.3) is 6.08 Å². The molecule has 0 spiro atoms. The Kier molecular flexibility index (Phi) is 7.31. The Bertz CT molecular complexity index is 1370. The molecule has 0 radical (unpaired) electrons. The summed E-state index contributed by atoms with van der Waals surface area (Å²) in [6.45, 7) is 6.44. The zero-order valence-electron chi connectivity index (χ0n) is 22.6. The number of carbonyl (C=O) groups excluding carboxylic acids is 2. The summed E-state index contributed by atoms with van der Waals surface area (Å²) in [4.78, 5) is 32.6. The highest BCUT2D eigenvalue weighted by molar-refractivity contribution is 6.01. The van der Waals surface area contributed by atoms with Gasteiger partial charge in [-0.05, 0) is 43.5 Å². The largest absolute Gasteiger partial charge is 0.443 e. The molecule has 1 aliphatic heterocycles. The fourth-order valence-corrected chi connectivity index (χ4v) is 5.32. The first-order valence-corrected chi connectivity index (χ1v) is 13.2. The summed E-state index contributed by atoms with van der Waals surface area (Å²) in [6.07, 6.45) is 4.62. The molecule has 6 heteroatoms. The summed E-state index contributed by atoms with van der Waals surface area (Å²) in [5, 5.41) is 0. The molecule has 6 nitrogen and oxygen atoms in total. The molecule has 0 bridgehead atoms. The van der Waals surface area contributed by atoms with Gasteiger partial charge >= 0.3 is 6.09 Å². The lowest BCUT2D eigenvalue weighted by atomic mass is 9.74. The van der Waals surface area contributed by atoms with Crippen LogP contribution in [-0.2, 0) is 15.1 Å². The quantitative estimate of drug-likeness (QED) is 0.228. The molecule has 4 aromatic rings. The van der Waals surface area contributed by atoms with E-state index in [4.69, 9.17) is 4.74 Å². The third kappa shape index (κ3) is 5.33. The number of hydrogen-bond donors (Lipinski definition) is 0. The molecular formula is C33H33N3O3. The predicted octanol–water partition coefficient (Wildman–Crippen LogP) is 6.32. The van der Waals surface area contributed by atoms with Gasteiger partial charge in [0.2, 0.25) is 0 Å². The molecule has 198 valence electrons. The average molecular weight is 520 g/mol. The first-order valence-electron chi connectivity index (χ1n) is 13.2. The molecule has 5 rings (SSSR count). The normalized spacial score (nSPS) is 15.9. The van der Waals surface area contributed by atoms with Crippen molar-refractivity contribution in [2.24, 2.45) is 0 Å². The van der Waals surface area contributed by atoms with Gasteiger partial charge in [-0.3, -0.25) is 9.69 Å². The van der Waals surface area contributed by atoms with Crippen molar-refractivity contribution in [3.8, 4) is 0 Å². The fraction of sp³-hybridized carbons (Fsp3) is 0.242. The van der Waals surface area contributed by atoms with E-state index in [1.807, 2.05) is 39.0 Å². The van der Waals surface area contributed by atoms with Gasteiger partial charge < -0.3 is 4.74 Å². The van der Waals surface area contributed by atoms with E-state index in [2.05, 4.69) is 82.7 Å². The molecule has 1 saturated heterocycles. The highest BCUT2D eigenvalue weighted by Crippen LogP contribution is 2.44. The number of piperidine rings is 1. The Labute approximate surface area is 229 Å². The fourth-order valence-electron chi connectivity index (χ4n) is 5.32. The summed E-state index contributed by atoms with van der Waals surface area (Å²) in [5.41, 5.74) is 3.22. The topological polar surface area (TPSA) is 64.4 Å². The van der Waals surface area contributed by atoms with Crippen LogP contribution in [0.2, 0.25) is 0 Å². The molecule has 0 amide bonds. The zero-order valence-corrected chi connectivity index (χ0v) is 22.6. The number of benzene rings is 3. The van der Waals surface area contributed by atoms with Crippen molar-refractivity contribution in [2.75, 3.05) is 13.1 Å². The van der Waals surface area contributed by atoms with Crippen LogP contribution in [0, 0.1) is 0 Å². The van der Waals surface area contributed by atoms with Gasteiger partial charge in [-0.2, -0.15) is 0 Å². The summed E-state index contributed by atoms with van der Waals surface area (Å²) >= 11 is 0. The Morgan fingerprint density at radius 2 is 1.36 bits per heavy atom. The van der Waals surface area contributed by atoms with Crippen LogP contribution in [0.1, 0.15) is 49.6 Å². The van der Waals surface area contributed by atoms with E-state index in [-0.39, 0.29) is 5.78 Å². The number of rotatable bonds is 5. The molecule has 0 N–H and O–H groups in total. The molecule has 39 heavy (non-hydrogen) atoms. The number of hydrogen-bond acceptors (Lipinski definition) is 5. The Hall–Kier alpha value is -4.29. The number of ether oxygens (including phenoxy) is 1. The smallest absolute Gasteiger partial charge is 0.420 e. The van der Waals surface area contributed by atoms with Gasteiger partial charge in [-0.25, -0.2) is 14.3 Å². The lowest BCUT2D eigenvalue weighted by Crippen LogP contribution is -2.52. The summed E-state index contributed by atoms with van der Waals surface area (Å²) in [6, 6.07) is 31.3. The van der Waals surface area contributed by atoms with Gasteiger partial charge in [0.05, 0.1) is 17.4 Å². The van der Waals surface area contributed by atoms with Gasteiger partial charge in [0.25, 0.3) is 0 Å². The van der Waals surface area contributed by atoms with Crippen LogP contribution in [-0.4, -0.2) is 45.0 Å². The van der Waals surface area contributed by atoms with E-state index >= 15 is 0 Å². The van der Waals surface area contributed by atoms with Crippen molar-refractivity contribution in [2.45, 2.75) is 38.3 Å². The van der Waals surface area contributed by atoms with Crippen LogP contribution in [0.4, 0.5) is 4.79 Å². The van der Waals surface area contributed by atoms with Crippen LogP contribution < -0.4 is 0 Å². The Morgan fingerprint density at radius 1 is 0.846 bits per heavy atom. The number of Topliss-reactive ketones (excluding diaryl/α,β-unsaturated/α-hetero) is 1. The standard InChI is InChI=1S/C33H33N3O3/c1-32(2,3)39-31(38)36-24-34-22-29(36)21-25-23-35(20-19-30(25)37)33(26-13-7-4-8-14-26,27-15-9-5-10-16-27)28-17-11-6-12-18-28/h4-18,21-22,24H,19-20,23H2,1-3H3/b25-21+. The molecule has 1 aliphatic rings. The lowest BCUT2D eigenvalue weighted by molar-refractivity contribution is -0.117. The van der Waals surface area contributed by atoms with Crippen molar-refractivity contribution in [1.29, 1.82) is 0 Å². The van der Waals surface area contributed by atoms with Crippen LogP contribution in [0.15, 0.2) is 109 Å². The summed E-state index contributed by atoms with van der Waals surface area (Å²) < 4.78 is 6.90. The van der Waals surface area contributed by atoms with Gasteiger partial charge in [-0.1, -0.05) is 91.0 Å². The zero-order chi connectivity index (χ0) is 27.5. The minimum absolute atomic E-state index is 0.0614. The Balaban J connectivity index is 1.63. The van der Waals surface area contributed by atoms with Crippen LogP contribution in [0.5, 0.6) is 0 Å². The number of likely N-dealkylation sites (tertiary alicyclic amines) is 1. The number of ketones is 1. The van der Waals surface area contributed by atoms with Crippen LogP contribution >= 0.6 is 0 Å². The van der Waals surface area contributed by atoms with Gasteiger partial charge in [0.1, 0.15) is 11.9 Å². The van der Waals surface area contributed by atoms with Crippen molar-refractivity contribution in [1.82, 2.24) is 14.5 Å². The maximum Gasteiger partial charge on any atom is 0.420 e. The number of imidazole rings is 1. The molecule has 2 heterocycles. The minimum Gasteiger partial charge on any atom is -0.443 e. The summed E-state index contributed by atoms with van der Waals surface area (Å²) in [7, 11) is 0. The maximum absolute atomic E-state index is 13.3. The van der Waals surface area contributed by atoms with E-state index in [9.17, 15) is 9.59 Å². The molecule has 0 atom stereocenters. The SMILES string of the molecule is CC(C)(C)OC(=O)n1cncc1/C=C1\CN(C(c2ccccc2)(c2ccccc2)c2ccccc2)CCC1=O. The van der Waals surface area contributed by atoms with Crippen molar-refractivity contribution < 1.29 is 14.3 Å². The lowest BCUT2D eigenvalue weighted by Gasteiger charge is -2.47. The van der Waals surface area contributed by atoms with E-state index in [0.29, 0.717) is 30.8 Å². The average Bonchev–Trinajstić information content (AvgIpc) is 3.40. The first kappa shape index (κ1) is 26.3. The van der Waals surface area contributed by atoms with E-state index in [1.165, 1.54) is 10.9 Å². The van der Waals surface area contributed by atoms with E-state index in [0.717, 1.165) is 16.7 Å². The molecule has 0 aliphatic carbocycles. The highest BCUT2D eigenvalue weighted by Gasteiger charge is 2.44. The second kappa shape index (κ2) is 10.8. The molecule has 1 fully saturated rings. The second-order valence-electron chi connectivity index (χ2n) is 10.7. The second-order valence-corrected chi connectivity index (χ2v) is 10.7. The monoisotopic (exact) mass is 519 g/mol. The third-order valence-electron chi connectivity index (χ3n) is 6.96. The van der Waals surface area contributed by atoms with E-state index in [1.54, 1.807) is 12.3 Å². The number of nitrogens with zero attached hydrogens (tertiary/aromatic N) is 3. The summed E-state index contributed by atoms with van der Waals surface area (Å²) in [5.74, 6) is 0.0614. The Morgan fingerprint density at radius 3 is 1.85 bits per heavy atom. The highest BCUT2D eigenvalue weighted by atomic mass is 16.6. The van der Waals surface area contributed by atoms with Crippen molar-refractivity contribution >= 4 is 18.0 Å². The molecule has 1 aromatic heterocycles. The first-order chi connectivity index (χ1) is 18.8.